The van der Waals surface area contributed by atoms with Gasteiger partial charge in [-0.15, -0.1) is 13.2 Å². The van der Waals surface area contributed by atoms with Crippen LogP contribution in [0, 0.1) is 5.92 Å². The fourth-order valence-corrected chi connectivity index (χ4v) is 4.15. The van der Waals surface area contributed by atoms with Crippen molar-refractivity contribution in [3.8, 4) is 0 Å². The molecule has 5 atom stereocenters. The molecule has 0 bridgehead atoms. The molecule has 186 valence electrons. The molecule has 3 aliphatic heterocycles. The van der Waals surface area contributed by atoms with Crippen LogP contribution in [0.15, 0.2) is 38.6 Å². The molecule has 0 radical (unpaired) electrons. The van der Waals surface area contributed by atoms with Gasteiger partial charge in [-0.05, 0) is 30.6 Å². The minimum atomic E-state index is -4.91. The third-order valence-corrected chi connectivity index (χ3v) is 5.85. The van der Waals surface area contributed by atoms with Crippen molar-refractivity contribution in [3.63, 3.8) is 0 Å². The molecule has 1 aliphatic carbocycles. The highest BCUT2D eigenvalue weighted by atomic mass is 19.4. The first-order valence-electron chi connectivity index (χ1n) is 10.6. The number of rotatable bonds is 6. The third kappa shape index (κ3) is 5.51. The minimum absolute atomic E-state index is 0.0301. The van der Waals surface area contributed by atoms with Crippen LogP contribution in [0.5, 0.6) is 0 Å². The molecule has 1 fully saturated rings. The molecular formula is C20H24F4N6O4. The number of amidine groups is 1. The smallest absolute Gasteiger partial charge is 0.391 e. The van der Waals surface area contributed by atoms with Gasteiger partial charge in [0.15, 0.2) is 0 Å². The summed E-state index contributed by atoms with van der Waals surface area (Å²) in [5, 5.41) is 17.5. The number of nitrogens with one attached hydrogen (secondary N) is 2. The number of hydrogen-bond donors (Lipinski definition) is 3. The number of aliphatic imine (C=N–C) groups is 2. The Bertz CT molecular complexity index is 963. The van der Waals surface area contributed by atoms with Crippen molar-refractivity contribution in [1.82, 2.24) is 15.6 Å². The number of aliphatic hydroxyl groups is 1. The number of likely N-dealkylation sites (N-methyl/N-ethyl adjacent to an activating group) is 1. The number of carbonyl (C=O) groups is 1. The van der Waals surface area contributed by atoms with Crippen LogP contribution in [0.1, 0.15) is 12.8 Å². The van der Waals surface area contributed by atoms with Crippen LogP contribution >= 0.6 is 0 Å². The lowest BCUT2D eigenvalue weighted by Crippen LogP contribution is -2.56. The molecule has 0 aromatic heterocycles. The number of hydrogen-bond acceptors (Lipinski definition) is 9. The number of alkyl halides is 3. The van der Waals surface area contributed by atoms with Gasteiger partial charge in [0.2, 0.25) is 0 Å². The number of aliphatic hydroxyl groups excluding tert-OH is 1. The highest BCUT2D eigenvalue weighted by Crippen LogP contribution is 2.29. The monoisotopic (exact) mass is 488 g/mol. The molecule has 0 spiro atoms. The number of nitrogens with zero attached hydrogens (tertiary/aromatic N) is 4. The van der Waals surface area contributed by atoms with Crippen molar-refractivity contribution < 1.29 is 36.9 Å². The summed E-state index contributed by atoms with van der Waals surface area (Å²) in [6, 6.07) is -0.424. The zero-order valence-corrected chi connectivity index (χ0v) is 18.1. The molecule has 4 rings (SSSR count). The molecule has 0 aromatic carbocycles. The number of fused-ring (bicyclic) bond motifs is 1. The average molecular weight is 488 g/mol. The summed E-state index contributed by atoms with van der Waals surface area (Å²) in [6.45, 7) is 0.384. The molecule has 1 amide bonds. The maximum Gasteiger partial charge on any atom is 0.523 e. The summed E-state index contributed by atoms with van der Waals surface area (Å²) in [4.78, 5) is 22.7. The van der Waals surface area contributed by atoms with Gasteiger partial charge in [0, 0.05) is 20.2 Å². The molecule has 1 saturated heterocycles. The standard InChI is InChI=1S/C20H24F4N6O4/c1-30(7-10-6-11(21)2-3-14(10)34-20(22,23)24)19(32)16-15-17(25-9-26-18(15)29-28-16)27-12-8-33-5-4-13(12)31/h2,6,9,12-15,17,27,31H,3-5,7-8H2,1H3,(H,25,26,29)/t12-,13-,14?,15?,17?/m1/s1. The molecule has 3 N–H and O–H groups in total. The van der Waals surface area contributed by atoms with Crippen LogP contribution in [0.25, 0.3) is 0 Å². The number of hydrazone groups is 1. The van der Waals surface area contributed by atoms with Crippen molar-refractivity contribution >= 4 is 23.8 Å². The molecular weight excluding hydrogens is 464 g/mol. The molecule has 4 aliphatic rings. The third-order valence-electron chi connectivity index (χ3n) is 5.85. The van der Waals surface area contributed by atoms with Crippen LogP contribution in [0.3, 0.4) is 0 Å². The normalized spacial score (nSPS) is 31.1. The molecule has 14 heteroatoms. The summed E-state index contributed by atoms with van der Waals surface area (Å²) in [5.74, 6) is -1.66. The van der Waals surface area contributed by atoms with E-state index in [0.717, 1.165) is 17.1 Å². The zero-order valence-electron chi connectivity index (χ0n) is 18.1. The molecule has 3 unspecified atom stereocenters. The maximum absolute atomic E-state index is 13.8. The summed E-state index contributed by atoms with van der Waals surface area (Å²) >= 11 is 0. The predicted molar refractivity (Wildman–Crippen MR) is 113 cm³/mol. The second kappa shape index (κ2) is 9.90. The van der Waals surface area contributed by atoms with E-state index in [2.05, 4.69) is 30.6 Å². The largest absolute Gasteiger partial charge is 0.523 e. The first kappa shape index (κ1) is 24.4. The molecule has 0 saturated carbocycles. The number of carbonyl (C=O) groups excluding carboxylic acids is 1. The number of halogens is 4. The van der Waals surface area contributed by atoms with E-state index < -0.39 is 48.4 Å². The average Bonchev–Trinajstić information content (AvgIpc) is 3.21. The van der Waals surface area contributed by atoms with E-state index in [1.54, 1.807) is 0 Å². The van der Waals surface area contributed by atoms with Gasteiger partial charge in [-0.1, -0.05) is 0 Å². The quantitative estimate of drug-likeness (QED) is 0.472. The zero-order chi connectivity index (χ0) is 24.5. The lowest BCUT2D eigenvalue weighted by Gasteiger charge is -2.34. The van der Waals surface area contributed by atoms with E-state index in [4.69, 9.17) is 4.74 Å². The van der Waals surface area contributed by atoms with Gasteiger partial charge < -0.3 is 14.7 Å². The lowest BCUT2D eigenvalue weighted by molar-refractivity contribution is -0.337. The van der Waals surface area contributed by atoms with E-state index in [9.17, 15) is 27.5 Å². The van der Waals surface area contributed by atoms with Gasteiger partial charge in [-0.2, -0.15) is 5.10 Å². The van der Waals surface area contributed by atoms with Gasteiger partial charge in [0.25, 0.3) is 5.91 Å². The SMILES string of the molecule is CN(CC1=CC(F)=CCC1OC(F)(F)F)C(=O)C1=NNC2=NC=NC(N[C@@H]3COCC[C@H]3O)C21. The lowest BCUT2D eigenvalue weighted by atomic mass is 9.95. The van der Waals surface area contributed by atoms with E-state index in [-0.39, 0.29) is 30.9 Å². The van der Waals surface area contributed by atoms with Crippen LogP contribution in [0.4, 0.5) is 17.6 Å². The summed E-state index contributed by atoms with van der Waals surface area (Å²) in [6.07, 6.45) is -4.33. The second-order valence-corrected chi connectivity index (χ2v) is 8.27. The van der Waals surface area contributed by atoms with Crippen molar-refractivity contribution in [3.05, 3.63) is 23.6 Å². The Hall–Kier alpha value is -2.68. The molecule has 10 nitrogen and oxygen atoms in total. The number of ether oxygens (including phenoxy) is 2. The Morgan fingerprint density at radius 2 is 2.24 bits per heavy atom. The topological polar surface area (TPSA) is 120 Å². The van der Waals surface area contributed by atoms with Crippen molar-refractivity contribution in [2.45, 2.75) is 43.6 Å². The highest BCUT2D eigenvalue weighted by molar-refractivity contribution is 6.45. The Morgan fingerprint density at radius 1 is 1.44 bits per heavy atom. The van der Waals surface area contributed by atoms with Gasteiger partial charge >= 0.3 is 6.36 Å². The first-order valence-corrected chi connectivity index (χ1v) is 10.6. The van der Waals surface area contributed by atoms with Gasteiger partial charge in [-0.25, -0.2) is 9.38 Å². The Kier molecular flexibility index (Phi) is 7.12. The highest BCUT2D eigenvalue weighted by Gasteiger charge is 2.43. The van der Waals surface area contributed by atoms with Crippen LogP contribution in [-0.4, -0.2) is 91.4 Å². The minimum Gasteiger partial charge on any atom is -0.391 e. The number of allylic oxidation sites excluding steroid dienone is 2. The van der Waals surface area contributed by atoms with E-state index in [1.165, 1.54) is 13.4 Å². The summed E-state index contributed by atoms with van der Waals surface area (Å²) in [7, 11) is 1.37. The Morgan fingerprint density at radius 3 is 2.97 bits per heavy atom. The van der Waals surface area contributed by atoms with Crippen molar-refractivity contribution in [2.24, 2.45) is 21.0 Å². The maximum atomic E-state index is 13.8. The van der Waals surface area contributed by atoms with Crippen molar-refractivity contribution in [2.75, 3.05) is 26.8 Å². The Labute approximate surface area is 192 Å². The molecule has 34 heavy (non-hydrogen) atoms. The van der Waals surface area contributed by atoms with Gasteiger partial charge in [-0.3, -0.25) is 25.3 Å². The second-order valence-electron chi connectivity index (χ2n) is 8.27. The van der Waals surface area contributed by atoms with Crippen LogP contribution < -0.4 is 10.7 Å². The van der Waals surface area contributed by atoms with E-state index in [0.29, 0.717) is 18.9 Å². The fourth-order valence-electron chi connectivity index (χ4n) is 4.15. The van der Waals surface area contributed by atoms with E-state index in [1.807, 2.05) is 0 Å². The predicted octanol–water partition coefficient (Wildman–Crippen LogP) is 0.615. The Balaban J connectivity index is 1.46. The van der Waals surface area contributed by atoms with Gasteiger partial charge in [0.05, 0.1) is 24.9 Å². The van der Waals surface area contributed by atoms with Crippen molar-refractivity contribution in [1.29, 1.82) is 0 Å². The van der Waals surface area contributed by atoms with E-state index >= 15 is 0 Å². The van der Waals surface area contributed by atoms with Crippen LogP contribution in [0.2, 0.25) is 0 Å². The summed E-state index contributed by atoms with van der Waals surface area (Å²) < 4.78 is 61.6. The molecule has 0 aromatic rings. The van der Waals surface area contributed by atoms with Crippen LogP contribution in [-0.2, 0) is 14.3 Å². The first-order chi connectivity index (χ1) is 16.1. The summed E-state index contributed by atoms with van der Waals surface area (Å²) in [5.41, 5.74) is 2.68. The fraction of sp³-hybridized carbons (Fsp3) is 0.600. The molecule has 3 heterocycles. The number of amides is 1. The van der Waals surface area contributed by atoms with Gasteiger partial charge in [0.1, 0.15) is 35.8 Å².